The van der Waals surface area contributed by atoms with E-state index in [1.807, 2.05) is 6.33 Å². The maximum absolute atomic E-state index is 12.8. The van der Waals surface area contributed by atoms with Crippen molar-refractivity contribution in [1.82, 2.24) is 9.55 Å². The fourth-order valence-corrected chi connectivity index (χ4v) is 2.28. The molecule has 0 unspecified atom stereocenters. The third kappa shape index (κ3) is 2.89. The minimum Gasteiger partial charge on any atom is -0.492 e. The zero-order valence-electron chi connectivity index (χ0n) is 12.1. The Balaban J connectivity index is 1.70. The largest absolute Gasteiger partial charge is 0.492 e. The highest BCUT2D eigenvalue weighted by molar-refractivity contribution is 5.77. The normalized spacial score (nSPS) is 11.0. The second-order valence-electron chi connectivity index (χ2n) is 5.17. The van der Waals surface area contributed by atoms with Gasteiger partial charge < -0.3 is 9.30 Å². The van der Waals surface area contributed by atoms with Crippen LogP contribution in [0.3, 0.4) is 0 Å². The van der Waals surface area contributed by atoms with Crippen LogP contribution < -0.4 is 4.74 Å². The van der Waals surface area contributed by atoms with Crippen LogP contribution in [0.2, 0.25) is 0 Å². The standard InChI is InChI=1S/C17H17FN2O/c1-12-9-16-17(10-13(12)2)20(11-19-16)7-8-21-15-5-3-14(18)4-6-15/h3-6,9-11H,7-8H2,1-2H3. The molecule has 0 saturated carbocycles. The molecule has 1 aromatic heterocycles. The molecule has 0 amide bonds. The minimum atomic E-state index is -0.256. The predicted octanol–water partition coefficient (Wildman–Crippen LogP) is 3.87. The van der Waals surface area contributed by atoms with Gasteiger partial charge in [0.15, 0.2) is 0 Å². The summed E-state index contributed by atoms with van der Waals surface area (Å²) >= 11 is 0. The molecule has 4 heteroatoms. The van der Waals surface area contributed by atoms with E-state index in [0.29, 0.717) is 18.9 Å². The molecule has 0 bridgehead atoms. The zero-order valence-corrected chi connectivity index (χ0v) is 12.1. The lowest BCUT2D eigenvalue weighted by Gasteiger charge is -2.08. The Labute approximate surface area is 123 Å². The Morgan fingerprint density at radius 3 is 2.57 bits per heavy atom. The summed E-state index contributed by atoms with van der Waals surface area (Å²) in [5.74, 6) is 0.418. The van der Waals surface area contributed by atoms with Gasteiger partial charge in [0.25, 0.3) is 0 Å². The highest BCUT2D eigenvalue weighted by Gasteiger charge is 2.05. The smallest absolute Gasteiger partial charge is 0.123 e. The first-order valence-electron chi connectivity index (χ1n) is 6.94. The SMILES string of the molecule is Cc1cc2ncn(CCOc3ccc(F)cc3)c2cc1C. The first-order valence-corrected chi connectivity index (χ1v) is 6.94. The third-order valence-electron chi connectivity index (χ3n) is 3.65. The molecule has 108 valence electrons. The molecule has 0 N–H and O–H groups in total. The molecule has 0 aliphatic heterocycles. The molecule has 0 spiro atoms. The summed E-state index contributed by atoms with van der Waals surface area (Å²) in [7, 11) is 0. The summed E-state index contributed by atoms with van der Waals surface area (Å²) in [5.41, 5.74) is 4.61. The average Bonchev–Trinajstić information content (AvgIpc) is 2.84. The molecular formula is C17H17FN2O. The second-order valence-corrected chi connectivity index (χ2v) is 5.17. The van der Waals surface area contributed by atoms with E-state index in [2.05, 4.69) is 35.5 Å². The van der Waals surface area contributed by atoms with E-state index < -0.39 is 0 Å². The number of hydrogen-bond donors (Lipinski definition) is 0. The van der Waals surface area contributed by atoms with Gasteiger partial charge in [0.2, 0.25) is 0 Å². The van der Waals surface area contributed by atoms with Crippen molar-refractivity contribution < 1.29 is 9.13 Å². The number of ether oxygens (including phenoxy) is 1. The molecule has 3 rings (SSSR count). The number of fused-ring (bicyclic) bond motifs is 1. The van der Waals surface area contributed by atoms with E-state index in [9.17, 15) is 4.39 Å². The van der Waals surface area contributed by atoms with Crippen LogP contribution >= 0.6 is 0 Å². The zero-order chi connectivity index (χ0) is 14.8. The lowest BCUT2D eigenvalue weighted by atomic mass is 10.1. The molecule has 3 nitrogen and oxygen atoms in total. The maximum Gasteiger partial charge on any atom is 0.123 e. The van der Waals surface area contributed by atoms with Crippen molar-refractivity contribution >= 4 is 11.0 Å². The average molecular weight is 284 g/mol. The van der Waals surface area contributed by atoms with Crippen molar-refractivity contribution in [3.8, 4) is 5.75 Å². The quantitative estimate of drug-likeness (QED) is 0.727. The van der Waals surface area contributed by atoms with Crippen LogP contribution in [-0.4, -0.2) is 16.2 Å². The van der Waals surface area contributed by atoms with E-state index in [4.69, 9.17) is 4.74 Å². The first-order chi connectivity index (χ1) is 10.1. The van der Waals surface area contributed by atoms with Crippen molar-refractivity contribution in [3.05, 3.63) is 59.7 Å². The third-order valence-corrected chi connectivity index (χ3v) is 3.65. The van der Waals surface area contributed by atoms with Gasteiger partial charge in [-0.25, -0.2) is 9.37 Å². The van der Waals surface area contributed by atoms with Crippen LogP contribution in [0.5, 0.6) is 5.75 Å². The van der Waals surface area contributed by atoms with Gasteiger partial charge in [-0.05, 0) is 61.4 Å². The maximum atomic E-state index is 12.8. The van der Waals surface area contributed by atoms with Gasteiger partial charge in [-0.1, -0.05) is 0 Å². The highest BCUT2D eigenvalue weighted by Crippen LogP contribution is 2.18. The molecule has 0 fully saturated rings. The number of aromatic nitrogens is 2. The molecule has 0 atom stereocenters. The number of halogens is 1. The monoisotopic (exact) mass is 284 g/mol. The van der Waals surface area contributed by atoms with Crippen molar-refractivity contribution in [2.45, 2.75) is 20.4 Å². The van der Waals surface area contributed by atoms with Crippen LogP contribution in [0.4, 0.5) is 4.39 Å². The van der Waals surface area contributed by atoms with Gasteiger partial charge >= 0.3 is 0 Å². The van der Waals surface area contributed by atoms with Crippen LogP contribution in [0.15, 0.2) is 42.7 Å². The molecule has 3 aromatic rings. The van der Waals surface area contributed by atoms with E-state index in [1.165, 1.54) is 23.3 Å². The molecule has 0 aliphatic rings. The van der Waals surface area contributed by atoms with Crippen molar-refractivity contribution in [3.63, 3.8) is 0 Å². The van der Waals surface area contributed by atoms with Crippen LogP contribution in [0.25, 0.3) is 11.0 Å². The summed E-state index contributed by atoms with van der Waals surface area (Å²) in [6, 6.07) is 10.3. The molecule has 2 aromatic carbocycles. The van der Waals surface area contributed by atoms with E-state index in [-0.39, 0.29) is 5.82 Å². The Hall–Kier alpha value is -2.36. The van der Waals surface area contributed by atoms with E-state index in [1.54, 1.807) is 12.1 Å². The fourth-order valence-electron chi connectivity index (χ4n) is 2.28. The summed E-state index contributed by atoms with van der Waals surface area (Å²) in [6.45, 7) is 5.41. The van der Waals surface area contributed by atoms with Gasteiger partial charge in [0.1, 0.15) is 18.2 Å². The first kappa shape index (κ1) is 13.6. The van der Waals surface area contributed by atoms with Crippen molar-refractivity contribution in [2.24, 2.45) is 0 Å². The summed E-state index contributed by atoms with van der Waals surface area (Å²) in [5, 5.41) is 0. The van der Waals surface area contributed by atoms with Gasteiger partial charge in [0.05, 0.1) is 23.9 Å². The second kappa shape index (κ2) is 5.56. The number of nitrogens with zero attached hydrogens (tertiary/aromatic N) is 2. The minimum absolute atomic E-state index is 0.256. The van der Waals surface area contributed by atoms with Gasteiger partial charge in [0, 0.05) is 0 Å². The Kier molecular flexibility index (Phi) is 3.60. The van der Waals surface area contributed by atoms with Gasteiger partial charge in [-0.15, -0.1) is 0 Å². The van der Waals surface area contributed by atoms with Crippen LogP contribution in [-0.2, 0) is 6.54 Å². The Morgan fingerprint density at radius 2 is 1.81 bits per heavy atom. The number of rotatable bonds is 4. The summed E-state index contributed by atoms with van der Waals surface area (Å²) in [6.07, 6.45) is 1.83. The van der Waals surface area contributed by atoms with Crippen molar-refractivity contribution in [2.75, 3.05) is 6.61 Å². The Morgan fingerprint density at radius 1 is 1.10 bits per heavy atom. The van der Waals surface area contributed by atoms with Gasteiger partial charge in [-0.3, -0.25) is 0 Å². The van der Waals surface area contributed by atoms with Gasteiger partial charge in [-0.2, -0.15) is 0 Å². The molecule has 0 aliphatic carbocycles. The predicted molar refractivity (Wildman–Crippen MR) is 81.1 cm³/mol. The van der Waals surface area contributed by atoms with Crippen molar-refractivity contribution in [1.29, 1.82) is 0 Å². The number of benzene rings is 2. The Bertz CT molecular complexity index is 762. The number of aryl methyl sites for hydroxylation is 2. The lowest BCUT2D eigenvalue weighted by molar-refractivity contribution is 0.299. The van der Waals surface area contributed by atoms with E-state index in [0.717, 1.165) is 11.0 Å². The molecular weight excluding hydrogens is 267 g/mol. The fraction of sp³-hybridized carbons (Fsp3) is 0.235. The molecule has 0 saturated heterocycles. The van der Waals surface area contributed by atoms with Crippen LogP contribution in [0, 0.1) is 19.7 Å². The highest BCUT2D eigenvalue weighted by atomic mass is 19.1. The topological polar surface area (TPSA) is 27.1 Å². The number of hydrogen-bond acceptors (Lipinski definition) is 2. The molecule has 1 heterocycles. The molecule has 0 radical (unpaired) electrons. The summed E-state index contributed by atoms with van der Waals surface area (Å²) in [4.78, 5) is 4.42. The molecule has 21 heavy (non-hydrogen) atoms. The summed E-state index contributed by atoms with van der Waals surface area (Å²) < 4.78 is 20.5. The lowest BCUT2D eigenvalue weighted by Crippen LogP contribution is -2.07. The van der Waals surface area contributed by atoms with Crippen LogP contribution in [0.1, 0.15) is 11.1 Å². The van der Waals surface area contributed by atoms with E-state index >= 15 is 0 Å². The number of imidazole rings is 1.